The molecule has 0 radical (unpaired) electrons. The fourth-order valence-electron chi connectivity index (χ4n) is 3.08. The average Bonchev–Trinajstić information content (AvgIpc) is 3.32. The molecule has 172 valence electrons. The van der Waals surface area contributed by atoms with Crippen LogP contribution in [-0.4, -0.2) is 21.0 Å². The molecule has 4 aromatic rings. The number of halogens is 4. The molecular weight excluding hydrogens is 480 g/mol. The Bertz CT molecular complexity index is 1330. The lowest BCUT2D eigenvalue weighted by Crippen LogP contribution is -2.07. The zero-order chi connectivity index (χ0) is 23.8. The van der Waals surface area contributed by atoms with E-state index >= 15 is 0 Å². The second-order valence-corrected chi connectivity index (χ2v) is 9.27. The molecule has 0 aliphatic rings. The standard InChI is InChI=1S/C22H16F4N2O3S2/c1-11-18(33-21(27-11)12-2-4-14(15(23)8-12)22(24,25)26)10-32-13-3-5-17-16(9-13)28-19(31-17)6-7-20(29)30/h2-5,8-9H,6-7,10H2,1H3,(H,29,30). The van der Waals surface area contributed by atoms with E-state index in [1.165, 1.54) is 29.2 Å². The number of benzene rings is 2. The van der Waals surface area contributed by atoms with Gasteiger partial charge in [-0.1, -0.05) is 6.07 Å². The van der Waals surface area contributed by atoms with Crippen LogP contribution in [0.15, 0.2) is 45.7 Å². The number of carboxylic acid groups (broad SMARTS) is 1. The maximum atomic E-state index is 13.9. The van der Waals surface area contributed by atoms with E-state index in [9.17, 15) is 22.4 Å². The van der Waals surface area contributed by atoms with Crippen LogP contribution >= 0.6 is 23.1 Å². The molecule has 2 heterocycles. The monoisotopic (exact) mass is 496 g/mol. The summed E-state index contributed by atoms with van der Waals surface area (Å²) >= 11 is 2.82. The summed E-state index contributed by atoms with van der Waals surface area (Å²) in [4.78, 5) is 21.3. The summed E-state index contributed by atoms with van der Waals surface area (Å²) in [6.45, 7) is 1.80. The number of nitrogens with zero attached hydrogens (tertiary/aromatic N) is 2. The Morgan fingerprint density at radius 3 is 2.67 bits per heavy atom. The third-order valence-corrected chi connectivity index (χ3v) is 7.15. The first-order valence-corrected chi connectivity index (χ1v) is 11.5. The summed E-state index contributed by atoms with van der Waals surface area (Å²) in [7, 11) is 0. The second kappa shape index (κ2) is 9.14. The van der Waals surface area contributed by atoms with Crippen LogP contribution in [0.1, 0.15) is 28.4 Å². The highest BCUT2D eigenvalue weighted by molar-refractivity contribution is 7.98. The fourth-order valence-corrected chi connectivity index (χ4v) is 5.21. The number of hydrogen-bond donors (Lipinski definition) is 1. The van der Waals surface area contributed by atoms with E-state index in [4.69, 9.17) is 9.52 Å². The number of rotatable bonds is 7. The number of fused-ring (bicyclic) bond motifs is 1. The van der Waals surface area contributed by atoms with Crippen molar-refractivity contribution >= 4 is 40.2 Å². The topological polar surface area (TPSA) is 76.2 Å². The molecule has 0 atom stereocenters. The van der Waals surface area contributed by atoms with Crippen molar-refractivity contribution in [2.45, 2.75) is 36.6 Å². The average molecular weight is 497 g/mol. The number of alkyl halides is 3. The molecule has 0 saturated carbocycles. The van der Waals surface area contributed by atoms with Crippen LogP contribution in [0.3, 0.4) is 0 Å². The van der Waals surface area contributed by atoms with Crippen molar-refractivity contribution in [3.63, 3.8) is 0 Å². The van der Waals surface area contributed by atoms with Gasteiger partial charge in [-0.2, -0.15) is 13.2 Å². The van der Waals surface area contributed by atoms with E-state index in [0.717, 1.165) is 27.6 Å². The van der Waals surface area contributed by atoms with Gasteiger partial charge >= 0.3 is 12.1 Å². The lowest BCUT2D eigenvalue weighted by molar-refractivity contribution is -0.140. The fraction of sp³-hybridized carbons (Fsp3) is 0.227. The molecule has 0 unspecified atom stereocenters. The molecule has 0 aliphatic heterocycles. The highest BCUT2D eigenvalue weighted by Crippen LogP contribution is 2.36. The van der Waals surface area contributed by atoms with Gasteiger partial charge in [-0.05, 0) is 37.3 Å². The van der Waals surface area contributed by atoms with Gasteiger partial charge in [0, 0.05) is 27.5 Å². The van der Waals surface area contributed by atoms with Gasteiger partial charge in [-0.25, -0.2) is 14.4 Å². The molecule has 0 saturated heterocycles. The lowest BCUT2D eigenvalue weighted by Gasteiger charge is -2.08. The Hall–Kier alpha value is -2.92. The van der Waals surface area contributed by atoms with Crippen molar-refractivity contribution in [3.05, 3.63) is 64.2 Å². The van der Waals surface area contributed by atoms with Crippen LogP contribution in [0.25, 0.3) is 21.7 Å². The third-order valence-electron chi connectivity index (χ3n) is 4.74. The Morgan fingerprint density at radius 1 is 1.18 bits per heavy atom. The largest absolute Gasteiger partial charge is 0.481 e. The van der Waals surface area contributed by atoms with Gasteiger partial charge in [0.1, 0.15) is 16.3 Å². The first-order chi connectivity index (χ1) is 15.6. The molecule has 0 fully saturated rings. The van der Waals surface area contributed by atoms with Crippen molar-refractivity contribution in [2.24, 2.45) is 0 Å². The van der Waals surface area contributed by atoms with Gasteiger partial charge in [-0.15, -0.1) is 23.1 Å². The van der Waals surface area contributed by atoms with Crippen molar-refractivity contribution in [1.29, 1.82) is 0 Å². The van der Waals surface area contributed by atoms with Gasteiger partial charge in [0.2, 0.25) is 0 Å². The smallest absolute Gasteiger partial charge is 0.419 e. The second-order valence-electron chi connectivity index (χ2n) is 7.14. The molecule has 11 heteroatoms. The molecule has 4 rings (SSSR count). The predicted octanol–water partition coefficient (Wildman–Crippen LogP) is 6.73. The Labute approximate surface area is 193 Å². The molecule has 5 nitrogen and oxygen atoms in total. The van der Waals surface area contributed by atoms with E-state index in [0.29, 0.717) is 33.3 Å². The van der Waals surface area contributed by atoms with Crippen LogP contribution < -0.4 is 0 Å². The minimum atomic E-state index is -4.74. The molecule has 33 heavy (non-hydrogen) atoms. The highest BCUT2D eigenvalue weighted by atomic mass is 32.2. The first-order valence-electron chi connectivity index (χ1n) is 9.67. The summed E-state index contributed by atoms with van der Waals surface area (Å²) in [5.74, 6) is -1.33. The normalized spacial score (nSPS) is 11.9. The molecule has 0 aliphatic carbocycles. The highest BCUT2D eigenvalue weighted by Gasteiger charge is 2.34. The predicted molar refractivity (Wildman–Crippen MR) is 117 cm³/mol. The minimum Gasteiger partial charge on any atom is -0.481 e. The summed E-state index contributed by atoms with van der Waals surface area (Å²) in [5, 5.41) is 9.24. The van der Waals surface area contributed by atoms with Crippen molar-refractivity contribution in [2.75, 3.05) is 0 Å². The Kier molecular flexibility index (Phi) is 6.44. The van der Waals surface area contributed by atoms with Crippen LogP contribution in [0.4, 0.5) is 17.6 Å². The number of aryl methyl sites for hydroxylation is 2. The third kappa shape index (κ3) is 5.36. The zero-order valence-electron chi connectivity index (χ0n) is 17.1. The number of oxazole rings is 1. The quantitative estimate of drug-likeness (QED) is 0.226. The summed E-state index contributed by atoms with van der Waals surface area (Å²) < 4.78 is 57.9. The SMILES string of the molecule is Cc1nc(-c2ccc(C(F)(F)F)c(F)c2)sc1CSc1ccc2oc(CCC(=O)O)nc2c1. The Morgan fingerprint density at radius 2 is 1.97 bits per heavy atom. The number of hydrogen-bond acceptors (Lipinski definition) is 6. The van der Waals surface area contributed by atoms with Gasteiger partial charge in [0.25, 0.3) is 0 Å². The Balaban J connectivity index is 1.48. The number of carboxylic acids is 1. The van der Waals surface area contributed by atoms with Gasteiger partial charge in [0.15, 0.2) is 11.5 Å². The number of carbonyl (C=O) groups is 1. The molecule has 0 bridgehead atoms. The van der Waals surface area contributed by atoms with Crippen molar-refractivity contribution in [3.8, 4) is 10.6 Å². The van der Waals surface area contributed by atoms with E-state index in [-0.39, 0.29) is 12.8 Å². The van der Waals surface area contributed by atoms with E-state index < -0.39 is 23.5 Å². The van der Waals surface area contributed by atoms with E-state index in [2.05, 4.69) is 9.97 Å². The van der Waals surface area contributed by atoms with E-state index in [1.54, 1.807) is 13.0 Å². The molecule has 2 aromatic heterocycles. The number of aliphatic carboxylic acids is 1. The van der Waals surface area contributed by atoms with E-state index in [1.807, 2.05) is 12.1 Å². The minimum absolute atomic E-state index is 0.0652. The summed E-state index contributed by atoms with van der Waals surface area (Å²) in [6, 6.07) is 8.29. The van der Waals surface area contributed by atoms with Gasteiger partial charge in [0.05, 0.1) is 17.7 Å². The molecule has 0 amide bonds. The number of aromatic nitrogens is 2. The zero-order valence-corrected chi connectivity index (χ0v) is 18.7. The summed E-state index contributed by atoms with van der Waals surface area (Å²) in [6.07, 6.45) is -4.60. The van der Waals surface area contributed by atoms with Crippen LogP contribution in [-0.2, 0) is 23.1 Å². The first kappa shape index (κ1) is 23.2. The lowest BCUT2D eigenvalue weighted by atomic mass is 10.1. The van der Waals surface area contributed by atoms with Crippen LogP contribution in [0.5, 0.6) is 0 Å². The van der Waals surface area contributed by atoms with Gasteiger partial charge in [-0.3, -0.25) is 4.79 Å². The molecule has 0 spiro atoms. The molecule has 2 aromatic carbocycles. The molecular formula is C22H16F4N2O3S2. The van der Waals surface area contributed by atoms with Crippen LogP contribution in [0, 0.1) is 12.7 Å². The maximum absolute atomic E-state index is 13.9. The van der Waals surface area contributed by atoms with Crippen molar-refractivity contribution in [1.82, 2.24) is 9.97 Å². The molecule has 1 N–H and O–H groups in total. The van der Waals surface area contributed by atoms with Gasteiger partial charge < -0.3 is 9.52 Å². The summed E-state index contributed by atoms with van der Waals surface area (Å²) in [5.41, 5.74) is 0.913. The van der Waals surface area contributed by atoms with Crippen LogP contribution in [0.2, 0.25) is 0 Å². The maximum Gasteiger partial charge on any atom is 0.419 e. The number of thiazole rings is 1. The number of thioether (sulfide) groups is 1. The van der Waals surface area contributed by atoms with Crippen molar-refractivity contribution < 1.29 is 31.9 Å².